The molecule has 76 valence electrons. The molecule has 0 aromatic heterocycles. The minimum Gasteiger partial charge on any atom is -0.399 e. The van der Waals surface area contributed by atoms with E-state index in [1.165, 1.54) is 0 Å². The first-order chi connectivity index (χ1) is 6.65. The first-order valence-electron chi connectivity index (χ1n) is 4.76. The molecule has 0 aliphatic rings. The third kappa shape index (κ3) is 2.49. The number of hydrogen-bond acceptors (Lipinski definition) is 2. The second-order valence-corrected chi connectivity index (χ2v) is 3.35. The molecule has 3 nitrogen and oxygen atoms in total. The Morgan fingerprint density at radius 1 is 1.50 bits per heavy atom. The Bertz CT molecular complexity index is 323. The molecule has 3 heteroatoms. The Morgan fingerprint density at radius 3 is 2.79 bits per heavy atom. The number of benzene rings is 1. The predicted octanol–water partition coefficient (Wildman–Crippen LogP) is 1.75. The van der Waals surface area contributed by atoms with Crippen molar-refractivity contribution in [2.45, 2.75) is 13.3 Å². The van der Waals surface area contributed by atoms with Gasteiger partial charge in [-0.05, 0) is 24.6 Å². The molecule has 0 saturated heterocycles. The van der Waals surface area contributed by atoms with Gasteiger partial charge in [-0.25, -0.2) is 0 Å². The smallest absolute Gasteiger partial charge is 0.253 e. The molecule has 0 spiro atoms. The Hall–Kier alpha value is -1.51. The molecule has 1 aromatic carbocycles. The summed E-state index contributed by atoms with van der Waals surface area (Å²) in [6.07, 6.45) is 0.963. The Balaban J connectivity index is 2.78. The minimum atomic E-state index is 0.0270. The standard InChI is InChI=1S/C11H16N2O/c1-3-7-13(2)11(14)9-5-4-6-10(12)8-9/h4-6,8H,3,7,12H2,1-2H3. The van der Waals surface area contributed by atoms with Crippen molar-refractivity contribution in [3.8, 4) is 0 Å². The van der Waals surface area contributed by atoms with Crippen molar-refractivity contribution in [1.29, 1.82) is 0 Å². The van der Waals surface area contributed by atoms with E-state index in [-0.39, 0.29) is 5.91 Å². The molecule has 1 amide bonds. The molecule has 0 heterocycles. The van der Waals surface area contributed by atoms with E-state index in [1.54, 1.807) is 36.2 Å². The van der Waals surface area contributed by atoms with Gasteiger partial charge in [0.15, 0.2) is 0 Å². The van der Waals surface area contributed by atoms with Crippen molar-refractivity contribution >= 4 is 11.6 Å². The van der Waals surface area contributed by atoms with Crippen LogP contribution in [-0.4, -0.2) is 24.4 Å². The van der Waals surface area contributed by atoms with Crippen LogP contribution in [0.4, 0.5) is 5.69 Å². The summed E-state index contributed by atoms with van der Waals surface area (Å²) in [4.78, 5) is 13.5. The summed E-state index contributed by atoms with van der Waals surface area (Å²) in [5, 5.41) is 0. The van der Waals surface area contributed by atoms with Crippen LogP contribution in [0.15, 0.2) is 24.3 Å². The highest BCUT2D eigenvalue weighted by Gasteiger charge is 2.09. The van der Waals surface area contributed by atoms with Crippen LogP contribution in [0.5, 0.6) is 0 Å². The van der Waals surface area contributed by atoms with Gasteiger partial charge < -0.3 is 10.6 Å². The van der Waals surface area contributed by atoms with Gasteiger partial charge in [0, 0.05) is 24.8 Å². The molecule has 0 bridgehead atoms. The summed E-state index contributed by atoms with van der Waals surface area (Å²) < 4.78 is 0. The molecule has 0 saturated carbocycles. The normalized spacial score (nSPS) is 9.86. The van der Waals surface area contributed by atoms with E-state index in [0.717, 1.165) is 13.0 Å². The summed E-state index contributed by atoms with van der Waals surface area (Å²) in [6, 6.07) is 7.05. The van der Waals surface area contributed by atoms with Crippen LogP contribution in [-0.2, 0) is 0 Å². The quantitative estimate of drug-likeness (QED) is 0.742. The van der Waals surface area contributed by atoms with E-state index in [0.29, 0.717) is 11.3 Å². The molecule has 0 aliphatic carbocycles. The molecule has 1 aromatic rings. The van der Waals surface area contributed by atoms with Crippen molar-refractivity contribution in [2.75, 3.05) is 19.3 Å². The predicted molar refractivity (Wildman–Crippen MR) is 58.1 cm³/mol. The molecule has 1 rings (SSSR count). The van der Waals surface area contributed by atoms with E-state index in [9.17, 15) is 4.79 Å². The Labute approximate surface area is 84.5 Å². The topological polar surface area (TPSA) is 46.3 Å². The maximum absolute atomic E-state index is 11.8. The average molecular weight is 192 g/mol. The van der Waals surface area contributed by atoms with Crippen molar-refractivity contribution < 1.29 is 4.79 Å². The van der Waals surface area contributed by atoms with Gasteiger partial charge in [-0.3, -0.25) is 4.79 Å². The maximum atomic E-state index is 11.8. The molecule has 0 atom stereocenters. The lowest BCUT2D eigenvalue weighted by Gasteiger charge is -2.16. The van der Waals surface area contributed by atoms with E-state index < -0.39 is 0 Å². The summed E-state index contributed by atoms with van der Waals surface area (Å²) in [5.41, 5.74) is 6.88. The second kappa shape index (κ2) is 4.65. The van der Waals surface area contributed by atoms with Crippen molar-refractivity contribution in [2.24, 2.45) is 0 Å². The van der Waals surface area contributed by atoms with Crippen LogP contribution in [0.2, 0.25) is 0 Å². The van der Waals surface area contributed by atoms with Gasteiger partial charge in [0.25, 0.3) is 5.91 Å². The number of carbonyl (C=O) groups excluding carboxylic acids is 1. The molecular formula is C11H16N2O. The van der Waals surface area contributed by atoms with E-state index in [2.05, 4.69) is 0 Å². The van der Waals surface area contributed by atoms with Gasteiger partial charge in [-0.15, -0.1) is 0 Å². The molecule has 0 radical (unpaired) electrons. The van der Waals surface area contributed by atoms with Gasteiger partial charge >= 0.3 is 0 Å². The third-order valence-corrected chi connectivity index (χ3v) is 2.04. The summed E-state index contributed by atoms with van der Waals surface area (Å²) in [6.45, 7) is 2.82. The zero-order valence-corrected chi connectivity index (χ0v) is 8.66. The Morgan fingerprint density at radius 2 is 2.21 bits per heavy atom. The molecule has 0 aliphatic heterocycles. The van der Waals surface area contributed by atoms with E-state index in [4.69, 9.17) is 5.73 Å². The molecule has 2 N–H and O–H groups in total. The lowest BCUT2D eigenvalue weighted by Crippen LogP contribution is -2.27. The van der Waals surface area contributed by atoms with Crippen LogP contribution in [0.25, 0.3) is 0 Å². The van der Waals surface area contributed by atoms with Crippen molar-refractivity contribution in [3.63, 3.8) is 0 Å². The fourth-order valence-corrected chi connectivity index (χ4v) is 1.33. The third-order valence-electron chi connectivity index (χ3n) is 2.04. The van der Waals surface area contributed by atoms with Gasteiger partial charge in [0.05, 0.1) is 0 Å². The van der Waals surface area contributed by atoms with Crippen LogP contribution < -0.4 is 5.73 Å². The zero-order chi connectivity index (χ0) is 10.6. The van der Waals surface area contributed by atoms with Gasteiger partial charge in [-0.2, -0.15) is 0 Å². The minimum absolute atomic E-state index is 0.0270. The van der Waals surface area contributed by atoms with Crippen LogP contribution >= 0.6 is 0 Å². The highest BCUT2D eigenvalue weighted by Crippen LogP contribution is 2.08. The lowest BCUT2D eigenvalue weighted by atomic mass is 10.2. The number of nitrogens with two attached hydrogens (primary N) is 1. The first kappa shape index (κ1) is 10.6. The van der Waals surface area contributed by atoms with Crippen molar-refractivity contribution in [3.05, 3.63) is 29.8 Å². The van der Waals surface area contributed by atoms with Crippen LogP contribution in [0.3, 0.4) is 0 Å². The average Bonchev–Trinajstić information content (AvgIpc) is 2.17. The lowest BCUT2D eigenvalue weighted by molar-refractivity contribution is 0.0795. The number of rotatable bonds is 3. The monoisotopic (exact) mass is 192 g/mol. The van der Waals surface area contributed by atoms with Crippen molar-refractivity contribution in [1.82, 2.24) is 4.90 Å². The highest BCUT2D eigenvalue weighted by atomic mass is 16.2. The van der Waals surface area contributed by atoms with Gasteiger partial charge in [-0.1, -0.05) is 13.0 Å². The number of nitrogens with zero attached hydrogens (tertiary/aromatic N) is 1. The molecule has 0 unspecified atom stereocenters. The summed E-state index contributed by atoms with van der Waals surface area (Å²) in [5.74, 6) is 0.0270. The number of amides is 1. The first-order valence-corrected chi connectivity index (χ1v) is 4.76. The van der Waals surface area contributed by atoms with Crippen LogP contribution in [0, 0.1) is 0 Å². The maximum Gasteiger partial charge on any atom is 0.253 e. The van der Waals surface area contributed by atoms with E-state index >= 15 is 0 Å². The number of nitrogen functional groups attached to an aromatic ring is 1. The number of hydrogen-bond donors (Lipinski definition) is 1. The zero-order valence-electron chi connectivity index (χ0n) is 8.66. The number of carbonyl (C=O) groups is 1. The molecular weight excluding hydrogens is 176 g/mol. The fourth-order valence-electron chi connectivity index (χ4n) is 1.33. The largest absolute Gasteiger partial charge is 0.399 e. The molecule has 0 fully saturated rings. The van der Waals surface area contributed by atoms with Gasteiger partial charge in [0.1, 0.15) is 0 Å². The van der Waals surface area contributed by atoms with Crippen LogP contribution in [0.1, 0.15) is 23.7 Å². The van der Waals surface area contributed by atoms with E-state index in [1.807, 2.05) is 6.92 Å². The highest BCUT2D eigenvalue weighted by molar-refractivity contribution is 5.94. The molecule has 14 heavy (non-hydrogen) atoms. The fraction of sp³-hybridized carbons (Fsp3) is 0.364. The van der Waals surface area contributed by atoms with Gasteiger partial charge in [0.2, 0.25) is 0 Å². The summed E-state index contributed by atoms with van der Waals surface area (Å²) >= 11 is 0. The number of anilines is 1. The Kier molecular flexibility index (Phi) is 3.51. The second-order valence-electron chi connectivity index (χ2n) is 3.35. The summed E-state index contributed by atoms with van der Waals surface area (Å²) in [7, 11) is 1.80. The SMILES string of the molecule is CCCN(C)C(=O)c1cccc(N)c1.